The molecule has 3 aromatic rings. The molecule has 1 aliphatic rings. The predicted molar refractivity (Wildman–Crippen MR) is 97.0 cm³/mol. The van der Waals surface area contributed by atoms with E-state index in [2.05, 4.69) is 48.5 Å². The Bertz CT molecular complexity index is 878. The summed E-state index contributed by atoms with van der Waals surface area (Å²) < 4.78 is 1.07. The topological polar surface area (TPSA) is 74.8 Å². The van der Waals surface area contributed by atoms with Gasteiger partial charge >= 0.3 is 0 Å². The third-order valence-corrected chi connectivity index (χ3v) is 5.03. The minimum Gasteiger partial charge on any atom is -0.337 e. The number of rotatable bonds is 3. The van der Waals surface area contributed by atoms with E-state index in [-0.39, 0.29) is 5.91 Å². The number of aromatic nitrogens is 4. The summed E-state index contributed by atoms with van der Waals surface area (Å²) in [5.74, 6) is 0.365. The zero-order chi connectivity index (χ0) is 17.2. The zero-order valence-electron chi connectivity index (χ0n) is 13.4. The molecule has 7 heteroatoms. The van der Waals surface area contributed by atoms with Crippen LogP contribution >= 0.6 is 15.9 Å². The van der Waals surface area contributed by atoms with Gasteiger partial charge in [-0.15, -0.1) is 0 Å². The van der Waals surface area contributed by atoms with Crippen molar-refractivity contribution in [3.63, 3.8) is 0 Å². The molecule has 25 heavy (non-hydrogen) atoms. The summed E-state index contributed by atoms with van der Waals surface area (Å²) in [6, 6.07) is 11.9. The standard InChI is InChI=1S/C18H16BrN5O/c19-15-3-1-12(2-4-15)14-6-8-24(11-14)18(25)17-9-16(22-23-17)13-5-7-20-21-10-13/h1-5,7,9-10,14H,6,8,11H2,(H,22,23). The maximum atomic E-state index is 12.7. The van der Waals surface area contributed by atoms with Crippen LogP contribution in [-0.4, -0.2) is 44.3 Å². The second-order valence-corrected chi connectivity index (χ2v) is 7.00. The van der Waals surface area contributed by atoms with Crippen LogP contribution in [0.15, 0.2) is 53.3 Å². The lowest BCUT2D eigenvalue weighted by Gasteiger charge is -2.15. The molecule has 0 aliphatic carbocycles. The van der Waals surface area contributed by atoms with E-state index >= 15 is 0 Å². The molecule has 126 valence electrons. The van der Waals surface area contributed by atoms with Crippen molar-refractivity contribution in [3.8, 4) is 11.3 Å². The first-order valence-corrected chi connectivity index (χ1v) is 8.87. The molecule has 1 amide bonds. The maximum Gasteiger partial charge on any atom is 0.271 e. The van der Waals surface area contributed by atoms with Gasteiger partial charge in [0.25, 0.3) is 5.91 Å². The highest BCUT2D eigenvalue weighted by atomic mass is 79.9. The van der Waals surface area contributed by atoms with Gasteiger partial charge in [0.15, 0.2) is 0 Å². The normalized spacial score (nSPS) is 17.0. The number of carbonyl (C=O) groups excluding carboxylic acids is 1. The summed E-state index contributed by atoms with van der Waals surface area (Å²) in [7, 11) is 0. The SMILES string of the molecule is O=C(c1cc(-c2ccnnc2)n[nH]1)N1CCC(c2ccc(Br)cc2)C1. The van der Waals surface area contributed by atoms with E-state index < -0.39 is 0 Å². The molecule has 4 rings (SSSR count). The summed E-state index contributed by atoms with van der Waals surface area (Å²) in [5.41, 5.74) is 3.30. The highest BCUT2D eigenvalue weighted by Gasteiger charge is 2.28. The van der Waals surface area contributed by atoms with E-state index in [1.807, 2.05) is 23.1 Å². The molecule has 0 saturated carbocycles. The van der Waals surface area contributed by atoms with Gasteiger partial charge in [-0.05, 0) is 36.2 Å². The second-order valence-electron chi connectivity index (χ2n) is 6.09. The Balaban J connectivity index is 1.47. The van der Waals surface area contributed by atoms with E-state index in [9.17, 15) is 4.79 Å². The van der Waals surface area contributed by atoms with Crippen LogP contribution in [0.5, 0.6) is 0 Å². The number of halogens is 1. The van der Waals surface area contributed by atoms with Crippen molar-refractivity contribution in [1.29, 1.82) is 0 Å². The fraction of sp³-hybridized carbons (Fsp3) is 0.222. The van der Waals surface area contributed by atoms with Crippen LogP contribution < -0.4 is 0 Å². The number of amides is 1. The summed E-state index contributed by atoms with van der Waals surface area (Å²) in [6.07, 6.45) is 4.21. The summed E-state index contributed by atoms with van der Waals surface area (Å²) >= 11 is 3.46. The molecule has 6 nitrogen and oxygen atoms in total. The number of benzene rings is 1. The highest BCUT2D eigenvalue weighted by Crippen LogP contribution is 2.29. The molecule has 0 bridgehead atoms. The van der Waals surface area contributed by atoms with Crippen molar-refractivity contribution in [2.75, 3.05) is 13.1 Å². The van der Waals surface area contributed by atoms with Crippen LogP contribution in [-0.2, 0) is 0 Å². The molecule has 1 unspecified atom stereocenters. The van der Waals surface area contributed by atoms with Crippen LogP contribution in [0.3, 0.4) is 0 Å². The van der Waals surface area contributed by atoms with Crippen LogP contribution in [0.1, 0.15) is 28.4 Å². The number of nitrogens with zero attached hydrogens (tertiary/aromatic N) is 4. The first kappa shape index (κ1) is 16.0. The van der Waals surface area contributed by atoms with Gasteiger partial charge in [0, 0.05) is 29.0 Å². The number of hydrogen-bond donors (Lipinski definition) is 1. The zero-order valence-corrected chi connectivity index (χ0v) is 15.0. The predicted octanol–water partition coefficient (Wildman–Crippen LogP) is 3.26. The molecule has 1 saturated heterocycles. The lowest BCUT2D eigenvalue weighted by molar-refractivity contribution is 0.0785. The molecule has 3 heterocycles. The van der Waals surface area contributed by atoms with Gasteiger partial charge in [0.2, 0.25) is 0 Å². The molecule has 1 N–H and O–H groups in total. The fourth-order valence-electron chi connectivity index (χ4n) is 3.14. The fourth-order valence-corrected chi connectivity index (χ4v) is 3.41. The van der Waals surface area contributed by atoms with E-state index in [4.69, 9.17) is 0 Å². The Labute approximate surface area is 153 Å². The van der Waals surface area contributed by atoms with Crippen LogP contribution in [0.4, 0.5) is 0 Å². The van der Waals surface area contributed by atoms with Crippen molar-refractivity contribution in [1.82, 2.24) is 25.3 Å². The average molecular weight is 398 g/mol. The lowest BCUT2D eigenvalue weighted by atomic mass is 9.99. The van der Waals surface area contributed by atoms with Crippen molar-refractivity contribution in [2.24, 2.45) is 0 Å². The van der Waals surface area contributed by atoms with Gasteiger partial charge in [-0.2, -0.15) is 15.3 Å². The number of hydrogen-bond acceptors (Lipinski definition) is 4. The van der Waals surface area contributed by atoms with Gasteiger partial charge in [-0.1, -0.05) is 28.1 Å². The van der Waals surface area contributed by atoms with E-state index in [1.165, 1.54) is 5.56 Å². The van der Waals surface area contributed by atoms with Gasteiger partial charge in [-0.3, -0.25) is 9.89 Å². The number of carbonyl (C=O) groups is 1. The van der Waals surface area contributed by atoms with Crippen molar-refractivity contribution in [2.45, 2.75) is 12.3 Å². The van der Waals surface area contributed by atoms with E-state index in [0.29, 0.717) is 17.3 Å². The number of likely N-dealkylation sites (tertiary alicyclic amines) is 1. The van der Waals surface area contributed by atoms with Crippen LogP contribution in [0.25, 0.3) is 11.3 Å². The molecule has 2 aromatic heterocycles. The Morgan fingerprint density at radius 3 is 2.80 bits per heavy atom. The Kier molecular flexibility index (Phi) is 4.31. The third-order valence-electron chi connectivity index (χ3n) is 4.51. The van der Waals surface area contributed by atoms with Gasteiger partial charge in [0.1, 0.15) is 5.69 Å². The van der Waals surface area contributed by atoms with Crippen LogP contribution in [0, 0.1) is 0 Å². The molecular formula is C18H16BrN5O. The van der Waals surface area contributed by atoms with Gasteiger partial charge < -0.3 is 4.90 Å². The number of aromatic amines is 1. The van der Waals surface area contributed by atoms with Gasteiger partial charge in [0.05, 0.1) is 18.1 Å². The smallest absolute Gasteiger partial charge is 0.271 e. The van der Waals surface area contributed by atoms with Crippen LogP contribution in [0.2, 0.25) is 0 Å². The molecule has 1 fully saturated rings. The summed E-state index contributed by atoms with van der Waals surface area (Å²) in [5, 5.41) is 14.7. The summed E-state index contributed by atoms with van der Waals surface area (Å²) in [4.78, 5) is 14.6. The van der Waals surface area contributed by atoms with E-state index in [0.717, 1.165) is 29.5 Å². The van der Waals surface area contributed by atoms with E-state index in [1.54, 1.807) is 18.5 Å². The Morgan fingerprint density at radius 2 is 2.04 bits per heavy atom. The molecule has 0 radical (unpaired) electrons. The maximum absolute atomic E-state index is 12.7. The first-order chi connectivity index (χ1) is 12.2. The minimum absolute atomic E-state index is 0.0135. The Hall–Kier alpha value is -2.54. The quantitative estimate of drug-likeness (QED) is 0.735. The molecule has 1 atom stereocenters. The van der Waals surface area contributed by atoms with Crippen molar-refractivity contribution < 1.29 is 4.79 Å². The largest absolute Gasteiger partial charge is 0.337 e. The average Bonchev–Trinajstić information content (AvgIpc) is 3.33. The summed E-state index contributed by atoms with van der Waals surface area (Å²) in [6.45, 7) is 1.48. The lowest BCUT2D eigenvalue weighted by Crippen LogP contribution is -2.28. The molecule has 0 spiro atoms. The monoisotopic (exact) mass is 397 g/mol. The van der Waals surface area contributed by atoms with Crippen molar-refractivity contribution in [3.05, 3.63) is 64.5 Å². The van der Waals surface area contributed by atoms with Gasteiger partial charge in [-0.25, -0.2) is 0 Å². The minimum atomic E-state index is -0.0135. The third kappa shape index (κ3) is 3.32. The number of H-pyrrole nitrogens is 1. The van der Waals surface area contributed by atoms with Crippen molar-refractivity contribution >= 4 is 21.8 Å². The molecule has 1 aromatic carbocycles. The molecule has 1 aliphatic heterocycles. The molecular weight excluding hydrogens is 382 g/mol. The number of nitrogens with one attached hydrogen (secondary N) is 1. The first-order valence-electron chi connectivity index (χ1n) is 8.08. The highest BCUT2D eigenvalue weighted by molar-refractivity contribution is 9.10. The Morgan fingerprint density at radius 1 is 1.20 bits per heavy atom. The second kappa shape index (κ2) is 6.76.